The molecule has 1 fully saturated rings. The van der Waals surface area contributed by atoms with E-state index < -0.39 is 5.60 Å². The van der Waals surface area contributed by atoms with Crippen LogP contribution in [0.3, 0.4) is 0 Å². The number of ether oxygens (including phenoxy) is 1. The van der Waals surface area contributed by atoms with Crippen molar-refractivity contribution in [2.45, 2.75) is 25.4 Å². The van der Waals surface area contributed by atoms with Crippen molar-refractivity contribution in [2.75, 3.05) is 19.7 Å². The van der Waals surface area contributed by atoms with Crippen LogP contribution in [-0.2, 0) is 11.2 Å². The van der Waals surface area contributed by atoms with Gasteiger partial charge in [-0.15, -0.1) is 0 Å². The number of hydrogen-bond acceptors (Lipinski definition) is 4. The van der Waals surface area contributed by atoms with Crippen molar-refractivity contribution in [2.24, 2.45) is 0 Å². The minimum Gasteiger partial charge on any atom is -0.490 e. The summed E-state index contributed by atoms with van der Waals surface area (Å²) in [7, 11) is 0. The molecule has 1 N–H and O–H groups in total. The van der Waals surface area contributed by atoms with E-state index in [9.17, 15) is 9.90 Å². The minimum atomic E-state index is -0.990. The summed E-state index contributed by atoms with van der Waals surface area (Å²) in [4.78, 5) is 18.0. The number of carbonyl (C=O) groups excluding carboxylic acids is 1. The van der Waals surface area contributed by atoms with Crippen LogP contribution in [0, 0.1) is 6.92 Å². The molecular formula is C19H22N2O3. The molecule has 126 valence electrons. The second-order valence-electron chi connectivity index (χ2n) is 6.38. The summed E-state index contributed by atoms with van der Waals surface area (Å²) in [5, 5.41) is 10.7. The topological polar surface area (TPSA) is 62.7 Å². The summed E-state index contributed by atoms with van der Waals surface area (Å²) in [6, 6.07) is 11.4. The fraction of sp³-hybridized carbons (Fsp3) is 0.368. The molecule has 1 saturated heterocycles. The second-order valence-corrected chi connectivity index (χ2v) is 6.38. The lowest BCUT2D eigenvalue weighted by Crippen LogP contribution is -2.41. The molecule has 2 aromatic rings. The number of likely N-dealkylation sites (tertiary alicyclic amines) is 1. The van der Waals surface area contributed by atoms with E-state index in [0.717, 1.165) is 16.9 Å². The average molecular weight is 326 g/mol. The van der Waals surface area contributed by atoms with Crippen LogP contribution in [0.25, 0.3) is 0 Å². The van der Waals surface area contributed by atoms with Crippen molar-refractivity contribution in [3.63, 3.8) is 0 Å². The zero-order chi connectivity index (χ0) is 17.0. The Hall–Kier alpha value is -2.40. The number of benzene rings is 1. The maximum atomic E-state index is 12.4. The van der Waals surface area contributed by atoms with Crippen LogP contribution in [0.5, 0.6) is 5.75 Å². The molecule has 5 heteroatoms. The van der Waals surface area contributed by atoms with Crippen LogP contribution in [0.15, 0.2) is 48.8 Å². The number of aliphatic hydroxyl groups is 1. The number of aryl methyl sites for hydroxylation is 1. The standard InChI is InChI=1S/C19H22N2O3/c1-15-4-2-3-5-17(15)24-14-19(23)8-11-21(13-19)18(22)12-16-6-9-20-10-7-16/h2-7,9-10,23H,8,11-14H2,1H3/t19-/m0/s1. The largest absolute Gasteiger partial charge is 0.490 e. The third-order valence-corrected chi connectivity index (χ3v) is 4.38. The number of rotatable bonds is 5. The molecule has 5 nitrogen and oxygen atoms in total. The van der Waals surface area contributed by atoms with Gasteiger partial charge >= 0.3 is 0 Å². The van der Waals surface area contributed by atoms with Gasteiger partial charge in [-0.05, 0) is 42.7 Å². The zero-order valence-electron chi connectivity index (χ0n) is 13.8. The zero-order valence-corrected chi connectivity index (χ0v) is 13.8. The monoisotopic (exact) mass is 326 g/mol. The number of aromatic nitrogens is 1. The Bertz CT molecular complexity index is 705. The highest BCUT2D eigenvalue weighted by Gasteiger charge is 2.38. The molecular weight excluding hydrogens is 304 g/mol. The molecule has 0 saturated carbocycles. The second kappa shape index (κ2) is 7.01. The summed E-state index contributed by atoms with van der Waals surface area (Å²) in [5.74, 6) is 0.792. The van der Waals surface area contributed by atoms with Crippen LogP contribution in [0.2, 0.25) is 0 Å². The minimum absolute atomic E-state index is 0.0213. The first-order valence-corrected chi connectivity index (χ1v) is 8.13. The maximum absolute atomic E-state index is 12.4. The molecule has 3 rings (SSSR count). The van der Waals surface area contributed by atoms with Gasteiger partial charge in [-0.2, -0.15) is 0 Å². The maximum Gasteiger partial charge on any atom is 0.227 e. The molecule has 1 aliphatic heterocycles. The van der Waals surface area contributed by atoms with E-state index in [1.165, 1.54) is 0 Å². The van der Waals surface area contributed by atoms with Gasteiger partial charge in [0.25, 0.3) is 0 Å². The third-order valence-electron chi connectivity index (χ3n) is 4.38. The quantitative estimate of drug-likeness (QED) is 0.912. The van der Waals surface area contributed by atoms with E-state index in [1.54, 1.807) is 17.3 Å². The van der Waals surface area contributed by atoms with Gasteiger partial charge in [-0.25, -0.2) is 0 Å². The SMILES string of the molecule is Cc1ccccc1OC[C@]1(O)CCN(C(=O)Cc2ccncc2)C1. The van der Waals surface area contributed by atoms with Crippen LogP contribution >= 0.6 is 0 Å². The first-order chi connectivity index (χ1) is 11.6. The molecule has 0 bridgehead atoms. The van der Waals surface area contributed by atoms with Gasteiger partial charge in [-0.3, -0.25) is 9.78 Å². The Morgan fingerprint density at radius 2 is 2.04 bits per heavy atom. The van der Waals surface area contributed by atoms with Gasteiger partial charge in [0.15, 0.2) is 0 Å². The number of amides is 1. The van der Waals surface area contributed by atoms with Gasteiger partial charge in [0.2, 0.25) is 5.91 Å². The lowest BCUT2D eigenvalue weighted by atomic mass is 10.1. The summed E-state index contributed by atoms with van der Waals surface area (Å²) in [5.41, 5.74) is 0.974. The number of nitrogens with zero attached hydrogens (tertiary/aromatic N) is 2. The predicted molar refractivity (Wildman–Crippen MR) is 90.8 cm³/mol. The van der Waals surface area contributed by atoms with Crippen LogP contribution in [-0.4, -0.2) is 46.2 Å². The Kier molecular flexibility index (Phi) is 4.81. The van der Waals surface area contributed by atoms with Gasteiger partial charge in [0, 0.05) is 18.9 Å². The Labute approximate surface area is 141 Å². The Morgan fingerprint density at radius 1 is 1.29 bits per heavy atom. The lowest BCUT2D eigenvalue weighted by molar-refractivity contribution is -0.130. The van der Waals surface area contributed by atoms with Crippen LogP contribution < -0.4 is 4.74 Å². The van der Waals surface area contributed by atoms with Crippen LogP contribution in [0.4, 0.5) is 0 Å². The number of para-hydroxylation sites is 1. The molecule has 0 aliphatic carbocycles. The van der Waals surface area contributed by atoms with Crippen molar-refractivity contribution in [1.29, 1.82) is 0 Å². The molecule has 0 unspecified atom stereocenters. The summed E-state index contributed by atoms with van der Waals surface area (Å²) in [6.45, 7) is 3.02. The molecule has 1 aliphatic rings. The van der Waals surface area contributed by atoms with Gasteiger partial charge < -0.3 is 14.7 Å². The molecule has 1 atom stereocenters. The van der Waals surface area contributed by atoms with E-state index in [0.29, 0.717) is 25.9 Å². The lowest BCUT2D eigenvalue weighted by Gasteiger charge is -2.24. The smallest absolute Gasteiger partial charge is 0.227 e. The average Bonchev–Trinajstić information content (AvgIpc) is 2.98. The fourth-order valence-electron chi connectivity index (χ4n) is 2.90. The molecule has 24 heavy (non-hydrogen) atoms. The first-order valence-electron chi connectivity index (χ1n) is 8.13. The predicted octanol–water partition coefficient (Wildman–Crippen LogP) is 1.97. The molecule has 0 spiro atoms. The molecule has 1 aromatic carbocycles. The highest BCUT2D eigenvalue weighted by atomic mass is 16.5. The van der Waals surface area contributed by atoms with Crippen LogP contribution in [0.1, 0.15) is 17.5 Å². The number of pyridine rings is 1. The molecule has 1 aromatic heterocycles. The highest BCUT2D eigenvalue weighted by Crippen LogP contribution is 2.25. The van der Waals surface area contributed by atoms with Crippen molar-refractivity contribution in [3.8, 4) is 5.75 Å². The highest BCUT2D eigenvalue weighted by molar-refractivity contribution is 5.79. The third kappa shape index (κ3) is 3.92. The van der Waals surface area contributed by atoms with Crippen molar-refractivity contribution < 1.29 is 14.6 Å². The van der Waals surface area contributed by atoms with Gasteiger partial charge in [-0.1, -0.05) is 18.2 Å². The van der Waals surface area contributed by atoms with E-state index in [4.69, 9.17) is 4.74 Å². The summed E-state index contributed by atoms with van der Waals surface area (Å²) < 4.78 is 5.77. The Morgan fingerprint density at radius 3 is 2.79 bits per heavy atom. The number of β-amino-alcohol motifs (C(OH)–C–C–N with tert-alkyl or cyclic N) is 1. The normalized spacial score (nSPS) is 20.2. The van der Waals surface area contributed by atoms with Gasteiger partial charge in [0.1, 0.15) is 18.0 Å². The molecule has 1 amide bonds. The molecule has 2 heterocycles. The van der Waals surface area contributed by atoms with E-state index in [2.05, 4.69) is 4.98 Å². The van der Waals surface area contributed by atoms with E-state index >= 15 is 0 Å². The van der Waals surface area contributed by atoms with E-state index in [1.807, 2.05) is 43.3 Å². The van der Waals surface area contributed by atoms with Crippen molar-refractivity contribution >= 4 is 5.91 Å². The van der Waals surface area contributed by atoms with E-state index in [-0.39, 0.29) is 12.5 Å². The number of hydrogen-bond donors (Lipinski definition) is 1. The number of carbonyl (C=O) groups is 1. The Balaban J connectivity index is 1.55. The fourth-order valence-corrected chi connectivity index (χ4v) is 2.90. The first kappa shape index (κ1) is 16.5. The summed E-state index contributed by atoms with van der Waals surface area (Å²) in [6.07, 6.45) is 4.22. The van der Waals surface area contributed by atoms with Crippen molar-refractivity contribution in [3.05, 3.63) is 59.9 Å². The summed E-state index contributed by atoms with van der Waals surface area (Å²) >= 11 is 0. The molecule has 0 radical (unpaired) electrons. The van der Waals surface area contributed by atoms with Gasteiger partial charge in [0.05, 0.1) is 13.0 Å². The van der Waals surface area contributed by atoms with Crippen molar-refractivity contribution in [1.82, 2.24) is 9.88 Å².